The van der Waals surface area contributed by atoms with Gasteiger partial charge in [-0.2, -0.15) is 0 Å². The lowest BCUT2D eigenvalue weighted by molar-refractivity contribution is -0.138. The number of aliphatic hydroxyl groups excluding tert-OH is 2. The van der Waals surface area contributed by atoms with Crippen molar-refractivity contribution in [1.82, 2.24) is 0 Å². The predicted octanol–water partition coefficient (Wildman–Crippen LogP) is 5.47. The van der Waals surface area contributed by atoms with Crippen LogP contribution >= 0.6 is 0 Å². The van der Waals surface area contributed by atoms with Gasteiger partial charge in [0.15, 0.2) is 0 Å². The molecule has 0 bridgehead atoms. The Morgan fingerprint density at radius 3 is 2.46 bits per heavy atom. The molecule has 0 saturated heterocycles. The summed E-state index contributed by atoms with van der Waals surface area (Å²) < 4.78 is 0. The van der Waals surface area contributed by atoms with Crippen LogP contribution in [0.5, 0.6) is 0 Å². The molecule has 5 heteroatoms. The summed E-state index contributed by atoms with van der Waals surface area (Å²) in [4.78, 5) is 24.0. The molecular formula is C30H44O5. The number of carbonyl (C=O) groups is 2. The Balaban J connectivity index is 1.69. The lowest BCUT2D eigenvalue weighted by atomic mass is 9.44. The number of fused-ring (bicyclic) bond motifs is 5. The maximum Gasteiger partial charge on any atom is 0.330 e. The lowest BCUT2D eigenvalue weighted by Crippen LogP contribution is -2.55. The number of rotatable bonds is 5. The third-order valence-corrected chi connectivity index (χ3v) is 11.4. The number of ketones is 1. The summed E-state index contributed by atoms with van der Waals surface area (Å²) in [6.45, 7) is 14.6. The average Bonchev–Trinajstić information content (AvgIpc) is 3.00. The highest BCUT2D eigenvalue weighted by Crippen LogP contribution is 2.71. The van der Waals surface area contributed by atoms with E-state index in [2.05, 4.69) is 46.8 Å². The molecule has 4 rings (SSSR count). The topological polar surface area (TPSA) is 94.8 Å². The van der Waals surface area contributed by atoms with Gasteiger partial charge >= 0.3 is 5.97 Å². The molecule has 0 aliphatic heterocycles. The summed E-state index contributed by atoms with van der Waals surface area (Å²) in [5.74, 6) is -0.319. The molecule has 0 spiro atoms. The Kier molecular flexibility index (Phi) is 6.33. The molecule has 0 unspecified atom stereocenters. The van der Waals surface area contributed by atoms with E-state index < -0.39 is 23.6 Å². The largest absolute Gasteiger partial charge is 0.478 e. The van der Waals surface area contributed by atoms with Crippen molar-refractivity contribution in [3.05, 3.63) is 34.9 Å². The van der Waals surface area contributed by atoms with E-state index in [1.807, 2.05) is 6.92 Å². The smallest absolute Gasteiger partial charge is 0.330 e. The first-order valence-corrected chi connectivity index (χ1v) is 13.3. The highest BCUT2D eigenvalue weighted by molar-refractivity contribution is 5.86. The second-order valence-electron chi connectivity index (χ2n) is 13.1. The summed E-state index contributed by atoms with van der Waals surface area (Å²) in [5.41, 5.74) is 1.75. The molecule has 194 valence electrons. The van der Waals surface area contributed by atoms with Gasteiger partial charge in [0.1, 0.15) is 5.78 Å². The molecule has 2 saturated carbocycles. The number of aliphatic carboxylic acids is 1. The summed E-state index contributed by atoms with van der Waals surface area (Å²) in [6.07, 6.45) is 9.20. The zero-order chi connectivity index (χ0) is 26.1. The molecule has 0 radical (unpaired) electrons. The molecule has 4 aliphatic rings. The molecule has 0 aromatic rings. The first kappa shape index (κ1) is 26.3. The van der Waals surface area contributed by atoms with Gasteiger partial charge in [-0.15, -0.1) is 0 Å². The molecule has 0 amide bonds. The van der Waals surface area contributed by atoms with Crippen molar-refractivity contribution in [1.29, 1.82) is 0 Å². The molecule has 35 heavy (non-hydrogen) atoms. The van der Waals surface area contributed by atoms with Crippen molar-refractivity contribution in [2.75, 3.05) is 0 Å². The van der Waals surface area contributed by atoms with Crippen molar-refractivity contribution >= 4 is 11.8 Å². The van der Waals surface area contributed by atoms with E-state index in [1.165, 1.54) is 11.1 Å². The van der Waals surface area contributed by atoms with Crippen molar-refractivity contribution in [2.24, 2.45) is 39.4 Å². The van der Waals surface area contributed by atoms with Gasteiger partial charge in [0.25, 0.3) is 0 Å². The normalized spacial score (nSPS) is 42.3. The monoisotopic (exact) mass is 484 g/mol. The highest BCUT2D eigenvalue weighted by atomic mass is 16.4. The van der Waals surface area contributed by atoms with Gasteiger partial charge in [-0.1, -0.05) is 59.8 Å². The van der Waals surface area contributed by atoms with Gasteiger partial charge < -0.3 is 15.3 Å². The minimum Gasteiger partial charge on any atom is -0.478 e. The number of aliphatic hydroxyl groups is 2. The fourth-order valence-corrected chi connectivity index (χ4v) is 8.55. The maximum atomic E-state index is 12.8. The number of carboxylic acids is 1. The van der Waals surface area contributed by atoms with Gasteiger partial charge in [0, 0.05) is 22.8 Å². The van der Waals surface area contributed by atoms with Gasteiger partial charge in [-0.3, -0.25) is 4.79 Å². The van der Waals surface area contributed by atoms with Crippen molar-refractivity contribution in [3.8, 4) is 0 Å². The van der Waals surface area contributed by atoms with Gasteiger partial charge in [-0.05, 0) is 78.8 Å². The zero-order valence-corrected chi connectivity index (χ0v) is 22.5. The van der Waals surface area contributed by atoms with Gasteiger partial charge in [0.2, 0.25) is 0 Å². The second-order valence-corrected chi connectivity index (χ2v) is 13.1. The Morgan fingerprint density at radius 1 is 1.17 bits per heavy atom. The third kappa shape index (κ3) is 3.55. The van der Waals surface area contributed by atoms with Crippen molar-refractivity contribution in [3.63, 3.8) is 0 Å². The third-order valence-electron chi connectivity index (χ3n) is 11.4. The van der Waals surface area contributed by atoms with Crippen LogP contribution in [0.3, 0.4) is 0 Å². The van der Waals surface area contributed by atoms with E-state index in [9.17, 15) is 19.8 Å². The molecule has 0 heterocycles. The number of hydrogen-bond acceptors (Lipinski definition) is 4. The Hall–Kier alpha value is -1.72. The summed E-state index contributed by atoms with van der Waals surface area (Å²) in [7, 11) is 0. The minimum absolute atomic E-state index is 0.0755. The zero-order valence-electron chi connectivity index (χ0n) is 22.5. The van der Waals surface area contributed by atoms with Crippen LogP contribution in [0, 0.1) is 39.4 Å². The molecule has 4 aliphatic carbocycles. The van der Waals surface area contributed by atoms with E-state index in [0.29, 0.717) is 25.0 Å². The van der Waals surface area contributed by atoms with Gasteiger partial charge in [0.05, 0.1) is 12.2 Å². The highest BCUT2D eigenvalue weighted by Gasteiger charge is 2.66. The number of allylic oxidation sites excluding steroid dienone is 3. The molecule has 0 aromatic heterocycles. The van der Waals surface area contributed by atoms with E-state index >= 15 is 0 Å². The quantitative estimate of drug-likeness (QED) is 0.450. The first-order valence-electron chi connectivity index (χ1n) is 13.3. The fourth-order valence-electron chi connectivity index (χ4n) is 8.55. The van der Waals surface area contributed by atoms with E-state index in [4.69, 9.17) is 5.11 Å². The van der Waals surface area contributed by atoms with E-state index in [-0.39, 0.29) is 39.6 Å². The molecule has 5 nitrogen and oxygen atoms in total. The number of Topliss-reactive ketones (excluding diaryl/α,β-unsaturated/α-hetero) is 1. The van der Waals surface area contributed by atoms with Crippen LogP contribution in [0.2, 0.25) is 0 Å². The Bertz CT molecular complexity index is 1020. The van der Waals surface area contributed by atoms with Crippen LogP contribution in [-0.4, -0.2) is 39.3 Å². The summed E-state index contributed by atoms with van der Waals surface area (Å²) >= 11 is 0. The van der Waals surface area contributed by atoms with Crippen LogP contribution in [0.25, 0.3) is 0 Å². The Labute approximate surface area is 210 Å². The molecule has 3 N–H and O–H groups in total. The van der Waals surface area contributed by atoms with E-state index in [1.54, 1.807) is 13.0 Å². The summed E-state index contributed by atoms with van der Waals surface area (Å²) in [5, 5.41) is 31.8. The maximum absolute atomic E-state index is 12.8. The van der Waals surface area contributed by atoms with Crippen LogP contribution in [0.1, 0.15) is 87.0 Å². The van der Waals surface area contributed by atoms with Crippen LogP contribution in [0.15, 0.2) is 34.9 Å². The molecule has 0 aromatic carbocycles. The molecule has 8 atom stereocenters. The first-order chi connectivity index (χ1) is 16.1. The number of carboxylic acid groups (broad SMARTS) is 1. The molecular weight excluding hydrogens is 440 g/mol. The standard InChI is InChI=1S/C30H44O5/c1-17(26(34)35)8-10-22(31)18(2)21-16-25(33)30(7)20-9-11-23-27(3,4)24(32)13-14-28(23,5)19(20)12-15-29(21,30)6/h8-9,12,18,21-23,25,31,33H,10-11,13-16H2,1-7H3,(H,34,35)/b17-8+/t18-,21+,22-,23-,25-,28+,29+,30+/m0/s1. The van der Waals surface area contributed by atoms with Crippen molar-refractivity contribution in [2.45, 2.75) is 99.2 Å². The number of carbonyl (C=O) groups excluding carboxylic acids is 1. The van der Waals surface area contributed by atoms with Gasteiger partial charge in [-0.25, -0.2) is 4.79 Å². The van der Waals surface area contributed by atoms with Crippen LogP contribution < -0.4 is 0 Å². The van der Waals surface area contributed by atoms with Crippen LogP contribution in [-0.2, 0) is 9.59 Å². The fraction of sp³-hybridized carbons (Fsp3) is 0.733. The average molecular weight is 485 g/mol. The number of hydrogen-bond donors (Lipinski definition) is 3. The van der Waals surface area contributed by atoms with Crippen LogP contribution in [0.4, 0.5) is 0 Å². The van der Waals surface area contributed by atoms with Crippen molar-refractivity contribution < 1.29 is 24.9 Å². The molecule has 2 fully saturated rings. The lowest BCUT2D eigenvalue weighted by Gasteiger charge is -2.60. The SMILES string of the molecule is C/C(=C\C[C@H](O)[C@@H](C)[C@H]1C[C@H](O)[C@@]2(C)C3=CC[C@H]4C(C)(C)C(=O)CC[C@]4(C)C3=CC[C@]12C)C(=O)O. The Morgan fingerprint density at radius 2 is 1.83 bits per heavy atom. The van der Waals surface area contributed by atoms with E-state index in [0.717, 1.165) is 19.3 Å². The predicted molar refractivity (Wildman–Crippen MR) is 137 cm³/mol. The second kappa shape index (κ2) is 8.41. The summed E-state index contributed by atoms with van der Waals surface area (Å²) in [6, 6.07) is 0. The minimum atomic E-state index is -0.964.